The highest BCUT2D eigenvalue weighted by Gasteiger charge is 2.37. The van der Waals surface area contributed by atoms with Crippen LogP contribution in [0.5, 0.6) is 0 Å². The summed E-state index contributed by atoms with van der Waals surface area (Å²) in [4.78, 5) is 27.6. The molecule has 1 fully saturated rings. The maximum absolute atomic E-state index is 12.4. The number of hydrogen-bond acceptors (Lipinski definition) is 4. The maximum atomic E-state index is 12.4. The van der Waals surface area contributed by atoms with E-state index >= 15 is 0 Å². The first-order valence-corrected chi connectivity index (χ1v) is 7.87. The van der Waals surface area contributed by atoms with Gasteiger partial charge < -0.3 is 5.32 Å². The minimum atomic E-state index is -0.350. The fourth-order valence-electron chi connectivity index (χ4n) is 2.23. The summed E-state index contributed by atoms with van der Waals surface area (Å²) in [5.74, 6) is -0.701. The van der Waals surface area contributed by atoms with Gasteiger partial charge in [-0.1, -0.05) is 18.2 Å². The number of anilines is 1. The van der Waals surface area contributed by atoms with Crippen molar-refractivity contribution >= 4 is 34.8 Å². The normalized spacial score (nSPS) is 15.6. The topological polar surface area (TPSA) is 52.7 Å². The molecule has 23 heavy (non-hydrogen) atoms. The van der Waals surface area contributed by atoms with Crippen molar-refractivity contribution in [2.75, 3.05) is 18.4 Å². The lowest BCUT2D eigenvalue weighted by molar-refractivity contribution is -0.133. The van der Waals surface area contributed by atoms with Gasteiger partial charge in [0.25, 0.3) is 11.8 Å². The minimum Gasteiger partial charge on any atom is -0.362 e. The molecule has 0 saturated carbocycles. The van der Waals surface area contributed by atoms with E-state index in [-0.39, 0.29) is 22.5 Å². The third kappa shape index (κ3) is 3.65. The van der Waals surface area contributed by atoms with Crippen LogP contribution in [0.1, 0.15) is 13.8 Å². The molecular formula is C17H19N3O2S. The van der Waals surface area contributed by atoms with Gasteiger partial charge in [0.05, 0.1) is 0 Å². The number of carbonyl (C=O) groups excluding carboxylic acids is 2. The summed E-state index contributed by atoms with van der Waals surface area (Å²) in [6, 6.07) is 9.61. The van der Waals surface area contributed by atoms with Crippen LogP contribution in [-0.4, -0.2) is 39.8 Å². The molecular weight excluding hydrogens is 310 g/mol. The van der Waals surface area contributed by atoms with Crippen LogP contribution in [0.2, 0.25) is 0 Å². The van der Waals surface area contributed by atoms with Gasteiger partial charge in [-0.05, 0) is 50.4 Å². The number of rotatable bonds is 5. The van der Waals surface area contributed by atoms with Crippen LogP contribution in [0.3, 0.4) is 0 Å². The summed E-state index contributed by atoms with van der Waals surface area (Å²) in [5.41, 5.74) is 1.04. The predicted octanol–water partition coefficient (Wildman–Crippen LogP) is 2.53. The summed E-state index contributed by atoms with van der Waals surface area (Å²) in [6.45, 7) is 4.53. The molecule has 0 unspecified atom stereocenters. The first kappa shape index (κ1) is 16.9. The second-order valence-electron chi connectivity index (χ2n) is 4.83. The van der Waals surface area contributed by atoms with Crippen LogP contribution < -0.4 is 5.32 Å². The molecule has 1 saturated heterocycles. The molecule has 0 aliphatic carbocycles. The van der Waals surface area contributed by atoms with E-state index in [0.717, 1.165) is 5.69 Å². The minimum absolute atomic E-state index is 0.119. The second-order valence-corrected chi connectivity index (χ2v) is 5.20. The maximum Gasteiger partial charge on any atom is 0.265 e. The Labute approximate surface area is 141 Å². The molecule has 0 aromatic heterocycles. The molecule has 0 radical (unpaired) electrons. The summed E-state index contributed by atoms with van der Waals surface area (Å²) < 4.78 is 0. The largest absolute Gasteiger partial charge is 0.362 e. The number of nitrogens with zero attached hydrogens (tertiary/aromatic N) is 2. The smallest absolute Gasteiger partial charge is 0.265 e. The molecule has 1 aliphatic heterocycles. The van der Waals surface area contributed by atoms with Crippen LogP contribution in [0.25, 0.3) is 0 Å². The number of amides is 2. The highest BCUT2D eigenvalue weighted by Crippen LogP contribution is 2.17. The monoisotopic (exact) mass is 329 g/mol. The van der Waals surface area contributed by atoms with Crippen LogP contribution >= 0.6 is 12.2 Å². The van der Waals surface area contributed by atoms with Crippen molar-refractivity contribution in [3.05, 3.63) is 54.3 Å². The fraction of sp³-hybridized carbons (Fsp3) is 0.235. The van der Waals surface area contributed by atoms with Gasteiger partial charge in [0.2, 0.25) is 0 Å². The number of hydrogen-bond donors (Lipinski definition) is 1. The average molecular weight is 329 g/mol. The molecule has 1 aromatic rings. The van der Waals surface area contributed by atoms with Crippen molar-refractivity contribution in [1.29, 1.82) is 0 Å². The van der Waals surface area contributed by atoms with Gasteiger partial charge in [0.15, 0.2) is 5.11 Å². The quantitative estimate of drug-likeness (QED) is 0.512. The standard InChI is InChI=1S/C17H19N3O2S/c1-3-19-15(21)14(16(22)20(4-2)17(19)23)11-8-12-18-13-9-6-5-7-10-13/h5-12,18H,3-4H2,1-2H3/b12-8+. The zero-order chi connectivity index (χ0) is 16.8. The molecule has 0 spiro atoms. The van der Waals surface area contributed by atoms with Crippen molar-refractivity contribution in [2.24, 2.45) is 0 Å². The molecule has 120 valence electrons. The molecule has 6 heteroatoms. The molecule has 0 bridgehead atoms. The fourth-order valence-corrected chi connectivity index (χ4v) is 2.65. The van der Waals surface area contributed by atoms with Crippen molar-refractivity contribution in [1.82, 2.24) is 9.80 Å². The Hall–Kier alpha value is -2.47. The van der Waals surface area contributed by atoms with E-state index in [9.17, 15) is 9.59 Å². The number of likely N-dealkylation sites (N-methyl/N-ethyl adjacent to an activating group) is 2. The zero-order valence-electron chi connectivity index (χ0n) is 13.2. The molecule has 1 aliphatic rings. The summed E-state index contributed by atoms with van der Waals surface area (Å²) >= 11 is 5.21. The lowest BCUT2D eigenvalue weighted by atomic mass is 10.1. The Morgan fingerprint density at radius 2 is 1.61 bits per heavy atom. The van der Waals surface area contributed by atoms with E-state index in [1.54, 1.807) is 12.3 Å². The zero-order valence-corrected chi connectivity index (χ0v) is 14.0. The van der Waals surface area contributed by atoms with E-state index in [0.29, 0.717) is 13.1 Å². The van der Waals surface area contributed by atoms with Gasteiger partial charge in [0.1, 0.15) is 5.57 Å². The number of benzene rings is 1. The van der Waals surface area contributed by atoms with Crippen LogP contribution in [0.4, 0.5) is 5.69 Å². The van der Waals surface area contributed by atoms with Crippen molar-refractivity contribution in [2.45, 2.75) is 13.8 Å². The lowest BCUT2D eigenvalue weighted by Crippen LogP contribution is -2.55. The average Bonchev–Trinajstić information content (AvgIpc) is 2.56. The first-order chi connectivity index (χ1) is 11.1. The molecule has 1 aromatic carbocycles. The highest BCUT2D eigenvalue weighted by atomic mass is 32.1. The summed E-state index contributed by atoms with van der Waals surface area (Å²) in [7, 11) is 0. The molecule has 1 N–H and O–H groups in total. The number of carbonyl (C=O) groups is 2. The van der Waals surface area contributed by atoms with E-state index < -0.39 is 0 Å². The molecule has 1 heterocycles. The molecule has 5 nitrogen and oxygen atoms in total. The molecule has 0 atom stereocenters. The second kappa shape index (κ2) is 7.69. The van der Waals surface area contributed by atoms with Gasteiger partial charge in [0, 0.05) is 25.0 Å². The van der Waals surface area contributed by atoms with E-state index in [1.165, 1.54) is 15.9 Å². The third-order valence-corrected chi connectivity index (χ3v) is 3.87. The van der Waals surface area contributed by atoms with E-state index in [4.69, 9.17) is 12.2 Å². The SMILES string of the molecule is CCN1C(=O)C(=C/C=C/Nc2ccccc2)C(=O)N(CC)C1=S. The number of para-hydroxylation sites is 1. The van der Waals surface area contributed by atoms with Crippen LogP contribution in [-0.2, 0) is 9.59 Å². The Kier molecular flexibility index (Phi) is 5.65. The Balaban J connectivity index is 2.17. The van der Waals surface area contributed by atoms with Crippen LogP contribution in [0.15, 0.2) is 54.3 Å². The molecule has 2 rings (SSSR count). The Morgan fingerprint density at radius 1 is 1.04 bits per heavy atom. The van der Waals surface area contributed by atoms with Gasteiger partial charge in [-0.25, -0.2) is 0 Å². The number of thiocarbonyl (C=S) groups is 1. The highest BCUT2D eigenvalue weighted by molar-refractivity contribution is 7.80. The third-order valence-electron chi connectivity index (χ3n) is 3.43. The van der Waals surface area contributed by atoms with Crippen molar-refractivity contribution < 1.29 is 9.59 Å². The van der Waals surface area contributed by atoms with Crippen molar-refractivity contribution in [3.8, 4) is 0 Å². The van der Waals surface area contributed by atoms with E-state index in [1.807, 2.05) is 44.2 Å². The van der Waals surface area contributed by atoms with Gasteiger partial charge in [-0.3, -0.25) is 19.4 Å². The Bertz CT molecular complexity index is 640. The van der Waals surface area contributed by atoms with Crippen molar-refractivity contribution in [3.63, 3.8) is 0 Å². The molecule has 2 amide bonds. The first-order valence-electron chi connectivity index (χ1n) is 7.46. The summed E-state index contributed by atoms with van der Waals surface area (Å²) in [6.07, 6.45) is 4.85. The van der Waals surface area contributed by atoms with E-state index in [2.05, 4.69) is 5.32 Å². The van der Waals surface area contributed by atoms with Gasteiger partial charge in [-0.2, -0.15) is 0 Å². The van der Waals surface area contributed by atoms with Crippen LogP contribution in [0, 0.1) is 0 Å². The van der Waals surface area contributed by atoms with Gasteiger partial charge in [-0.15, -0.1) is 0 Å². The Morgan fingerprint density at radius 3 is 2.13 bits per heavy atom. The number of nitrogens with one attached hydrogen (secondary N) is 1. The number of allylic oxidation sites excluding steroid dienone is 2. The van der Waals surface area contributed by atoms with Gasteiger partial charge >= 0.3 is 0 Å². The predicted molar refractivity (Wildman–Crippen MR) is 94.7 cm³/mol. The summed E-state index contributed by atoms with van der Waals surface area (Å²) in [5, 5.41) is 3.34. The lowest BCUT2D eigenvalue weighted by Gasteiger charge is -2.35.